The quantitative estimate of drug-likeness (QED) is 0.382. The van der Waals surface area contributed by atoms with E-state index in [-0.39, 0.29) is 38.3 Å². The molecule has 0 aliphatic heterocycles. The summed E-state index contributed by atoms with van der Waals surface area (Å²) >= 11 is 0. The van der Waals surface area contributed by atoms with Crippen molar-refractivity contribution in [1.82, 2.24) is 19.5 Å². The van der Waals surface area contributed by atoms with E-state index < -0.39 is 25.8 Å². The zero-order valence-electron chi connectivity index (χ0n) is 13.8. The molecule has 0 bridgehead atoms. The molecule has 2 atom stereocenters. The molecular formula is C14H17FN4O4PY-. The topological polar surface area (TPSA) is 110 Å². The van der Waals surface area contributed by atoms with Crippen LogP contribution in [-0.4, -0.2) is 41.5 Å². The Morgan fingerprint density at radius 3 is 2.80 bits per heavy atom. The summed E-state index contributed by atoms with van der Waals surface area (Å²) in [5.74, 6) is -2.62. The third-order valence-corrected chi connectivity index (χ3v) is 4.01. The van der Waals surface area contributed by atoms with Crippen molar-refractivity contribution >= 4 is 18.8 Å². The fraction of sp³-hybridized carbons (Fsp3) is 0.357. The summed E-state index contributed by atoms with van der Waals surface area (Å²) in [5.41, 5.74) is 1.47. The van der Waals surface area contributed by atoms with Gasteiger partial charge in [0.1, 0.15) is 0 Å². The van der Waals surface area contributed by atoms with Gasteiger partial charge in [0.05, 0.1) is 6.33 Å². The molecule has 133 valence electrons. The molecule has 1 radical (unpaired) electrons. The Balaban J connectivity index is 0.00000312. The predicted molar refractivity (Wildman–Crippen MR) is 84.8 cm³/mol. The Labute approximate surface area is 169 Å². The van der Waals surface area contributed by atoms with Crippen LogP contribution in [0.25, 0.3) is 11.2 Å². The minimum absolute atomic E-state index is 0. The van der Waals surface area contributed by atoms with E-state index in [4.69, 9.17) is 14.5 Å². The van der Waals surface area contributed by atoms with E-state index in [0.717, 1.165) is 6.08 Å². The van der Waals surface area contributed by atoms with Crippen molar-refractivity contribution in [3.63, 3.8) is 0 Å². The summed E-state index contributed by atoms with van der Waals surface area (Å²) in [7, 11) is -4.55. The first kappa shape index (κ1) is 22.2. The molecule has 0 spiro atoms. The molecule has 2 rings (SSSR count). The van der Waals surface area contributed by atoms with Crippen molar-refractivity contribution in [1.29, 1.82) is 0 Å². The van der Waals surface area contributed by atoms with Crippen molar-refractivity contribution in [3.8, 4) is 0 Å². The molecule has 0 fully saturated rings. The van der Waals surface area contributed by atoms with Gasteiger partial charge in [-0.25, -0.2) is 4.39 Å². The average molecular weight is 444 g/mol. The fourth-order valence-corrected chi connectivity index (χ4v) is 2.47. The van der Waals surface area contributed by atoms with Gasteiger partial charge in [-0.2, -0.15) is 0 Å². The van der Waals surface area contributed by atoms with Crippen molar-refractivity contribution in [2.45, 2.75) is 25.7 Å². The summed E-state index contributed by atoms with van der Waals surface area (Å²) in [5, 5.41) is 0. The maximum Gasteiger partial charge on any atom is 0.351 e. The number of ether oxygens (including phenoxy) is 1. The molecule has 2 N–H and O–H groups in total. The van der Waals surface area contributed by atoms with Gasteiger partial charge in [0, 0.05) is 61.8 Å². The van der Waals surface area contributed by atoms with Crippen molar-refractivity contribution < 1.29 is 56.2 Å². The average Bonchev–Trinajstić information content (AvgIpc) is 2.96. The minimum Gasteiger partial charge on any atom is -0.369 e. The zero-order chi connectivity index (χ0) is 18.1. The number of hydrogen-bond acceptors (Lipinski definition) is 5. The van der Waals surface area contributed by atoms with Crippen molar-refractivity contribution in [2.24, 2.45) is 0 Å². The van der Waals surface area contributed by atoms with Gasteiger partial charge in [-0.15, -0.1) is 0 Å². The number of aryl methyl sites for hydroxylation is 1. The summed E-state index contributed by atoms with van der Waals surface area (Å²) in [6.45, 7) is 10.3. The van der Waals surface area contributed by atoms with E-state index in [1.54, 1.807) is 18.4 Å². The first-order valence-electron chi connectivity index (χ1n) is 6.86. The molecule has 0 saturated heterocycles. The Morgan fingerprint density at radius 1 is 1.60 bits per heavy atom. The molecule has 2 aromatic rings. The maximum atomic E-state index is 14.9. The van der Waals surface area contributed by atoms with E-state index in [1.165, 1.54) is 6.33 Å². The second-order valence-corrected chi connectivity index (χ2v) is 6.81. The Hall–Kier alpha value is -0.826. The van der Waals surface area contributed by atoms with Crippen LogP contribution in [0.4, 0.5) is 4.39 Å². The molecule has 25 heavy (non-hydrogen) atoms. The van der Waals surface area contributed by atoms with E-state index in [0.29, 0.717) is 16.9 Å². The number of alkyl halides is 1. The Bertz CT molecular complexity index is 839. The molecule has 0 saturated carbocycles. The van der Waals surface area contributed by atoms with Crippen molar-refractivity contribution in [2.75, 3.05) is 6.35 Å². The van der Waals surface area contributed by atoms with Gasteiger partial charge in [0.25, 0.3) is 5.85 Å². The van der Waals surface area contributed by atoms with Gasteiger partial charge in [0.15, 0.2) is 6.35 Å². The summed E-state index contributed by atoms with van der Waals surface area (Å²) < 4.78 is 32.1. The monoisotopic (exact) mass is 444 g/mol. The van der Waals surface area contributed by atoms with Crippen LogP contribution in [0.1, 0.15) is 18.7 Å². The van der Waals surface area contributed by atoms with Gasteiger partial charge >= 0.3 is 7.60 Å². The molecule has 8 nitrogen and oxygen atoms in total. The van der Waals surface area contributed by atoms with E-state index in [9.17, 15) is 8.96 Å². The molecule has 0 amide bonds. The number of hydrogen-bond donors (Lipinski definition) is 2. The molecule has 11 heteroatoms. The largest absolute Gasteiger partial charge is 0.369 e. The number of imidazole rings is 1. The molecular weight excluding hydrogens is 427 g/mol. The van der Waals surface area contributed by atoms with Gasteiger partial charge in [-0.1, -0.05) is 20.1 Å². The predicted octanol–water partition coefficient (Wildman–Crippen LogP) is 2.05. The van der Waals surface area contributed by atoms with Gasteiger partial charge in [-0.05, 0) is 18.7 Å². The molecule has 2 aromatic heterocycles. The van der Waals surface area contributed by atoms with Crippen LogP contribution in [0.3, 0.4) is 0 Å². The smallest absolute Gasteiger partial charge is 0.351 e. The van der Waals surface area contributed by atoms with Gasteiger partial charge in [0.2, 0.25) is 0 Å². The molecule has 0 unspecified atom stereocenters. The minimum atomic E-state index is -4.55. The second kappa shape index (κ2) is 8.25. The Morgan fingerprint density at radius 2 is 2.24 bits per heavy atom. The van der Waals surface area contributed by atoms with Crippen LogP contribution in [0.5, 0.6) is 0 Å². The second-order valence-electron chi connectivity index (χ2n) is 5.22. The van der Waals surface area contributed by atoms with Gasteiger partial charge < -0.3 is 29.1 Å². The number of fused-ring (bicyclic) bond motifs is 1. The van der Waals surface area contributed by atoms with Gasteiger partial charge in [-0.3, -0.25) is 9.55 Å². The third kappa shape index (κ3) is 4.87. The van der Waals surface area contributed by atoms with Crippen LogP contribution >= 0.6 is 7.60 Å². The number of halogens is 1. The first-order chi connectivity index (χ1) is 11.1. The van der Waals surface area contributed by atoms with Crippen LogP contribution in [0, 0.1) is 13.3 Å². The zero-order valence-corrected chi connectivity index (χ0v) is 17.5. The molecule has 0 aromatic carbocycles. The van der Waals surface area contributed by atoms with E-state index >= 15 is 0 Å². The SMILES string of the molecule is C=C[C@@](F)(OCP(=O)(O)O)C(=C)[C@H](C)n1cnc2c(C)n[c-]nc21.[Y]. The normalized spacial score (nSPS) is 15.2. The number of aromatic nitrogens is 4. The number of rotatable bonds is 7. The maximum absolute atomic E-state index is 14.9. The van der Waals surface area contributed by atoms with E-state index in [1.807, 2.05) is 0 Å². The Kier molecular flexibility index (Phi) is 7.33. The summed E-state index contributed by atoms with van der Waals surface area (Å²) in [6, 6.07) is -0.683. The summed E-state index contributed by atoms with van der Waals surface area (Å²) in [6.07, 6.45) is 3.63. The summed E-state index contributed by atoms with van der Waals surface area (Å²) in [4.78, 5) is 29.8. The van der Waals surface area contributed by atoms with Crippen LogP contribution < -0.4 is 0 Å². The van der Waals surface area contributed by atoms with Crippen LogP contribution in [-0.2, 0) is 42.0 Å². The van der Waals surface area contributed by atoms with E-state index in [2.05, 4.69) is 34.4 Å². The fourth-order valence-electron chi connectivity index (χ4n) is 2.12. The first-order valence-corrected chi connectivity index (χ1v) is 8.66. The standard InChI is InChI=1S/C14H17FN4O4P.Y/c1-5-14(15,23-8-24(20,21)22)9(2)11(4)19-7-18-12-10(3)16-6-17-13(12)19;/h5,7,11H,1-2,8H2,3-4H3,(H2,20,21,22);/q-1;/t11-,14+;/m0./s1. The number of nitrogens with zero attached hydrogens (tertiary/aromatic N) is 4. The molecule has 0 aliphatic rings. The van der Waals surface area contributed by atoms with Crippen LogP contribution in [0.2, 0.25) is 0 Å². The van der Waals surface area contributed by atoms with Crippen molar-refractivity contribution in [3.05, 3.63) is 43.2 Å². The molecule has 0 aliphatic carbocycles. The molecule has 2 heterocycles. The van der Waals surface area contributed by atoms with Crippen LogP contribution in [0.15, 0.2) is 31.1 Å². The third-order valence-electron chi connectivity index (χ3n) is 3.55.